The van der Waals surface area contributed by atoms with Crippen molar-refractivity contribution in [2.45, 2.75) is 19.5 Å². The molecule has 2 unspecified atom stereocenters. The smallest absolute Gasteiger partial charge is 0.338 e. The fourth-order valence-electron chi connectivity index (χ4n) is 0.353. The van der Waals surface area contributed by atoms with E-state index >= 15 is 0 Å². The van der Waals surface area contributed by atoms with E-state index in [9.17, 15) is 18.0 Å². The van der Waals surface area contributed by atoms with Crippen LogP contribution in [0, 0.1) is 5.92 Å². The van der Waals surface area contributed by atoms with Crippen LogP contribution in [0.4, 0.5) is 13.2 Å². The molecule has 0 aromatic rings. The van der Waals surface area contributed by atoms with E-state index in [2.05, 4.69) is 0 Å². The summed E-state index contributed by atoms with van der Waals surface area (Å²) >= 11 is 0. The summed E-state index contributed by atoms with van der Waals surface area (Å²) in [6.45, 7) is 0.851. The minimum atomic E-state index is -2.92. The molecule has 0 amide bonds. The van der Waals surface area contributed by atoms with Crippen molar-refractivity contribution in [2.75, 3.05) is 0 Å². The van der Waals surface area contributed by atoms with Crippen molar-refractivity contribution in [3.05, 3.63) is 0 Å². The number of alkyl halides is 3. The minimum Gasteiger partial charge on any atom is -0.479 e. The van der Waals surface area contributed by atoms with Crippen LogP contribution in [-0.4, -0.2) is 23.7 Å². The normalized spacial score (nSPS) is 16.9. The number of aliphatic carboxylic acids is 1. The van der Waals surface area contributed by atoms with Gasteiger partial charge in [0.1, 0.15) is 0 Å². The Labute approximate surface area is 55.7 Å². The van der Waals surface area contributed by atoms with Gasteiger partial charge in [0.05, 0.1) is 5.92 Å². The first-order valence-corrected chi connectivity index (χ1v) is 2.62. The topological polar surface area (TPSA) is 37.3 Å². The van der Waals surface area contributed by atoms with E-state index in [1.54, 1.807) is 0 Å². The van der Waals surface area contributed by atoms with Crippen LogP contribution in [0.3, 0.4) is 0 Å². The Kier molecular flexibility index (Phi) is 3.18. The van der Waals surface area contributed by atoms with E-state index in [1.165, 1.54) is 0 Å². The van der Waals surface area contributed by atoms with E-state index in [1.807, 2.05) is 0 Å². The monoisotopic (exact) mass is 156 g/mol. The van der Waals surface area contributed by atoms with E-state index < -0.39 is 24.5 Å². The van der Waals surface area contributed by atoms with Crippen LogP contribution in [0.5, 0.6) is 0 Å². The highest BCUT2D eigenvalue weighted by atomic mass is 19.3. The molecule has 0 saturated carbocycles. The Balaban J connectivity index is 3.94. The zero-order valence-corrected chi connectivity index (χ0v) is 5.22. The molecular formula is C5H7F3O2. The Morgan fingerprint density at radius 1 is 1.40 bits per heavy atom. The van der Waals surface area contributed by atoms with Crippen LogP contribution in [0.15, 0.2) is 0 Å². The summed E-state index contributed by atoms with van der Waals surface area (Å²) in [6.07, 6.45) is -5.40. The van der Waals surface area contributed by atoms with Crippen LogP contribution in [-0.2, 0) is 4.79 Å². The summed E-state index contributed by atoms with van der Waals surface area (Å²) in [4.78, 5) is 9.74. The van der Waals surface area contributed by atoms with Crippen LogP contribution in [0.1, 0.15) is 6.92 Å². The molecule has 0 aromatic carbocycles. The number of rotatable bonds is 3. The third kappa shape index (κ3) is 2.24. The lowest BCUT2D eigenvalue weighted by atomic mass is 10.1. The first-order valence-electron chi connectivity index (χ1n) is 2.62. The van der Waals surface area contributed by atoms with Gasteiger partial charge in [-0.3, -0.25) is 0 Å². The highest BCUT2D eigenvalue weighted by Gasteiger charge is 2.30. The molecule has 0 fully saturated rings. The van der Waals surface area contributed by atoms with Crippen molar-refractivity contribution < 1.29 is 23.1 Å². The molecule has 2 atom stereocenters. The second-order valence-electron chi connectivity index (χ2n) is 1.93. The van der Waals surface area contributed by atoms with Gasteiger partial charge in [0.25, 0.3) is 0 Å². The standard InChI is InChI=1S/C5H7F3O2/c1-2(4(7)8)3(6)5(9)10/h2-4H,1H3,(H,9,10). The summed E-state index contributed by atoms with van der Waals surface area (Å²) in [5.41, 5.74) is 0. The number of carboxylic acids is 1. The first kappa shape index (κ1) is 9.26. The van der Waals surface area contributed by atoms with Gasteiger partial charge in [0.2, 0.25) is 12.6 Å². The number of halogens is 3. The maximum absolute atomic E-state index is 12.1. The Bertz CT molecular complexity index is 126. The van der Waals surface area contributed by atoms with Gasteiger partial charge in [-0.15, -0.1) is 0 Å². The van der Waals surface area contributed by atoms with E-state index in [0.717, 1.165) is 6.92 Å². The molecular weight excluding hydrogens is 149 g/mol. The molecule has 0 bridgehead atoms. The average molecular weight is 156 g/mol. The fourth-order valence-corrected chi connectivity index (χ4v) is 0.353. The maximum atomic E-state index is 12.1. The van der Waals surface area contributed by atoms with Crippen molar-refractivity contribution in [1.82, 2.24) is 0 Å². The zero-order valence-electron chi connectivity index (χ0n) is 5.22. The maximum Gasteiger partial charge on any atom is 0.338 e. The van der Waals surface area contributed by atoms with Crippen molar-refractivity contribution in [1.29, 1.82) is 0 Å². The molecule has 0 aromatic heterocycles. The molecule has 1 N–H and O–H groups in total. The minimum absolute atomic E-state index is 0.851. The lowest BCUT2D eigenvalue weighted by Gasteiger charge is -2.10. The number of carboxylic acid groups (broad SMARTS) is 1. The molecule has 60 valence electrons. The molecule has 2 nitrogen and oxygen atoms in total. The van der Waals surface area contributed by atoms with Gasteiger partial charge in [-0.25, -0.2) is 18.0 Å². The predicted molar refractivity (Wildman–Crippen MR) is 27.7 cm³/mol. The fraction of sp³-hybridized carbons (Fsp3) is 0.800. The van der Waals surface area contributed by atoms with Crippen molar-refractivity contribution >= 4 is 5.97 Å². The summed E-state index contributed by atoms with van der Waals surface area (Å²) in [6, 6.07) is 0. The molecule has 5 heteroatoms. The lowest BCUT2D eigenvalue weighted by molar-refractivity contribution is -0.147. The Morgan fingerprint density at radius 2 is 1.80 bits per heavy atom. The predicted octanol–water partition coefficient (Wildman–Crippen LogP) is 1.31. The Morgan fingerprint density at radius 3 is 1.90 bits per heavy atom. The zero-order chi connectivity index (χ0) is 8.31. The number of carbonyl (C=O) groups is 1. The first-order chi connectivity index (χ1) is 4.46. The van der Waals surface area contributed by atoms with Gasteiger partial charge >= 0.3 is 5.97 Å². The average Bonchev–Trinajstić information content (AvgIpc) is 1.84. The molecule has 0 spiro atoms. The van der Waals surface area contributed by atoms with Gasteiger partial charge in [-0.1, -0.05) is 6.92 Å². The summed E-state index contributed by atoms with van der Waals surface area (Å²) in [7, 11) is 0. The van der Waals surface area contributed by atoms with Crippen molar-refractivity contribution in [2.24, 2.45) is 5.92 Å². The summed E-state index contributed by atoms with van der Waals surface area (Å²) in [5, 5.41) is 7.89. The van der Waals surface area contributed by atoms with Gasteiger partial charge < -0.3 is 5.11 Å². The second-order valence-corrected chi connectivity index (χ2v) is 1.93. The SMILES string of the molecule is CC(C(F)F)C(F)C(=O)O. The van der Waals surface area contributed by atoms with Gasteiger partial charge in [-0.05, 0) is 0 Å². The highest BCUT2D eigenvalue weighted by Crippen LogP contribution is 2.16. The molecule has 0 radical (unpaired) electrons. The highest BCUT2D eigenvalue weighted by molar-refractivity contribution is 5.72. The molecule has 0 rings (SSSR count). The summed E-state index contributed by atoms with van der Waals surface area (Å²) < 4.78 is 35.2. The number of hydrogen-bond acceptors (Lipinski definition) is 1. The van der Waals surface area contributed by atoms with Gasteiger partial charge in [-0.2, -0.15) is 0 Å². The third-order valence-corrected chi connectivity index (χ3v) is 1.09. The van der Waals surface area contributed by atoms with E-state index in [-0.39, 0.29) is 0 Å². The van der Waals surface area contributed by atoms with Crippen LogP contribution < -0.4 is 0 Å². The van der Waals surface area contributed by atoms with E-state index in [4.69, 9.17) is 5.11 Å². The third-order valence-electron chi connectivity index (χ3n) is 1.09. The van der Waals surface area contributed by atoms with Crippen LogP contribution in [0.2, 0.25) is 0 Å². The van der Waals surface area contributed by atoms with Gasteiger partial charge in [0.15, 0.2) is 0 Å². The largest absolute Gasteiger partial charge is 0.479 e. The van der Waals surface area contributed by atoms with Crippen LogP contribution >= 0.6 is 0 Å². The number of hydrogen-bond donors (Lipinski definition) is 1. The summed E-state index contributed by atoms with van der Waals surface area (Å²) in [5.74, 6) is -3.58. The second kappa shape index (κ2) is 3.43. The van der Waals surface area contributed by atoms with Crippen molar-refractivity contribution in [3.8, 4) is 0 Å². The lowest BCUT2D eigenvalue weighted by Crippen LogP contribution is -2.27. The van der Waals surface area contributed by atoms with E-state index in [0.29, 0.717) is 0 Å². The quantitative estimate of drug-likeness (QED) is 0.668. The molecule has 10 heavy (non-hydrogen) atoms. The molecule has 0 saturated heterocycles. The Hall–Kier alpha value is -0.740. The van der Waals surface area contributed by atoms with Crippen molar-refractivity contribution in [3.63, 3.8) is 0 Å². The molecule has 0 aliphatic heterocycles. The van der Waals surface area contributed by atoms with Gasteiger partial charge in [0, 0.05) is 0 Å². The van der Waals surface area contributed by atoms with Crippen LogP contribution in [0.25, 0.3) is 0 Å². The molecule has 0 aliphatic carbocycles. The molecule has 0 aliphatic rings. The molecule has 0 heterocycles.